The van der Waals surface area contributed by atoms with Crippen LogP contribution in [0.4, 0.5) is 8.78 Å². The third-order valence-electron chi connectivity index (χ3n) is 2.62. The fourth-order valence-corrected chi connectivity index (χ4v) is 1.66. The van der Waals surface area contributed by atoms with Crippen molar-refractivity contribution in [2.24, 2.45) is 0 Å². The van der Waals surface area contributed by atoms with Crippen molar-refractivity contribution >= 4 is 5.91 Å². The molecule has 6 heteroatoms. The molecule has 4 nitrogen and oxygen atoms in total. The average Bonchev–Trinajstić information content (AvgIpc) is 2.79. The summed E-state index contributed by atoms with van der Waals surface area (Å²) >= 11 is 0. The van der Waals surface area contributed by atoms with Gasteiger partial charge in [0.05, 0.1) is 11.7 Å². The van der Waals surface area contributed by atoms with Gasteiger partial charge in [-0.3, -0.25) is 4.79 Å². The van der Waals surface area contributed by atoms with Crippen LogP contribution >= 0.6 is 0 Å². The van der Waals surface area contributed by atoms with E-state index < -0.39 is 23.6 Å². The number of hydrogen-bond acceptors (Lipinski definition) is 3. The summed E-state index contributed by atoms with van der Waals surface area (Å²) in [6.07, 6.45) is 0. The largest absolute Gasteiger partial charge is 0.351 e. The molecule has 0 aliphatic heterocycles. The fourth-order valence-electron chi connectivity index (χ4n) is 1.66. The van der Waals surface area contributed by atoms with E-state index in [-0.39, 0.29) is 11.3 Å². The first-order chi connectivity index (χ1) is 8.97. The van der Waals surface area contributed by atoms with Crippen molar-refractivity contribution in [1.29, 1.82) is 0 Å². The minimum absolute atomic E-state index is 0.0289. The Morgan fingerprint density at radius 2 is 2.11 bits per heavy atom. The van der Waals surface area contributed by atoms with Crippen LogP contribution < -0.4 is 5.32 Å². The van der Waals surface area contributed by atoms with Crippen molar-refractivity contribution in [2.45, 2.75) is 19.9 Å². The molecule has 0 radical (unpaired) electrons. The van der Waals surface area contributed by atoms with Crippen molar-refractivity contribution in [1.82, 2.24) is 10.5 Å². The van der Waals surface area contributed by atoms with E-state index in [2.05, 4.69) is 10.5 Å². The van der Waals surface area contributed by atoms with Gasteiger partial charge in [-0.05, 0) is 32.0 Å². The van der Waals surface area contributed by atoms with E-state index in [1.807, 2.05) is 0 Å². The summed E-state index contributed by atoms with van der Waals surface area (Å²) < 4.78 is 31.4. The standard InChI is InChI=1S/C13H12F2N2O2/c1-7-5-12(19-17-7)13(18)16-8(2)10-6-9(14)3-4-11(10)15/h3-6,8H,1-2H3,(H,16,18)/t8-/m1/s1. The van der Waals surface area contributed by atoms with Crippen LogP contribution in [0.5, 0.6) is 0 Å². The highest BCUT2D eigenvalue weighted by atomic mass is 19.1. The number of rotatable bonds is 3. The summed E-state index contributed by atoms with van der Waals surface area (Å²) in [4.78, 5) is 11.8. The van der Waals surface area contributed by atoms with E-state index in [9.17, 15) is 13.6 Å². The number of hydrogen-bond donors (Lipinski definition) is 1. The predicted molar refractivity (Wildman–Crippen MR) is 63.5 cm³/mol. The number of halogens is 2. The third kappa shape index (κ3) is 2.96. The minimum atomic E-state index is -0.686. The van der Waals surface area contributed by atoms with Crippen LogP contribution in [-0.4, -0.2) is 11.1 Å². The maximum Gasteiger partial charge on any atom is 0.290 e. The SMILES string of the molecule is Cc1cc(C(=O)N[C@H](C)c2cc(F)ccc2F)on1. The van der Waals surface area contributed by atoms with Gasteiger partial charge in [0, 0.05) is 11.6 Å². The molecular weight excluding hydrogens is 254 g/mol. The number of aromatic nitrogens is 1. The molecule has 100 valence electrons. The molecule has 2 rings (SSSR count). The molecule has 0 unspecified atom stereocenters. The van der Waals surface area contributed by atoms with E-state index in [4.69, 9.17) is 4.52 Å². The lowest BCUT2D eigenvalue weighted by atomic mass is 10.1. The summed E-state index contributed by atoms with van der Waals surface area (Å²) in [6.45, 7) is 3.23. The second-order valence-electron chi connectivity index (χ2n) is 4.19. The molecule has 0 spiro atoms. The molecule has 1 heterocycles. The maximum atomic E-state index is 13.5. The number of nitrogens with one attached hydrogen (secondary N) is 1. The maximum absolute atomic E-state index is 13.5. The molecule has 0 saturated heterocycles. The number of benzene rings is 1. The zero-order valence-electron chi connectivity index (χ0n) is 10.4. The van der Waals surface area contributed by atoms with Crippen LogP contribution in [0.25, 0.3) is 0 Å². The Labute approximate surface area is 108 Å². The number of carbonyl (C=O) groups is 1. The Morgan fingerprint density at radius 1 is 1.37 bits per heavy atom. The van der Waals surface area contributed by atoms with Crippen molar-refractivity contribution < 1.29 is 18.1 Å². The third-order valence-corrected chi connectivity index (χ3v) is 2.62. The summed E-state index contributed by atoms with van der Waals surface area (Å²) in [7, 11) is 0. The summed E-state index contributed by atoms with van der Waals surface area (Å²) in [5.41, 5.74) is 0.638. The molecule has 1 aromatic heterocycles. The molecular formula is C13H12F2N2O2. The van der Waals surface area contributed by atoms with E-state index >= 15 is 0 Å². The first-order valence-corrected chi connectivity index (χ1v) is 5.66. The van der Waals surface area contributed by atoms with Crippen LogP contribution in [0.3, 0.4) is 0 Å². The molecule has 1 amide bonds. The Bertz CT molecular complexity index is 610. The molecule has 2 aromatic rings. The molecule has 0 fully saturated rings. The van der Waals surface area contributed by atoms with Crippen molar-refractivity contribution in [3.63, 3.8) is 0 Å². The molecule has 19 heavy (non-hydrogen) atoms. The van der Waals surface area contributed by atoms with Gasteiger partial charge in [-0.2, -0.15) is 0 Å². The lowest BCUT2D eigenvalue weighted by Crippen LogP contribution is -2.27. The molecule has 0 saturated carbocycles. The minimum Gasteiger partial charge on any atom is -0.351 e. The van der Waals surface area contributed by atoms with Crippen LogP contribution in [0, 0.1) is 18.6 Å². The van der Waals surface area contributed by atoms with Gasteiger partial charge in [0.1, 0.15) is 11.6 Å². The molecule has 0 aliphatic carbocycles. The van der Waals surface area contributed by atoms with Gasteiger partial charge >= 0.3 is 0 Å². The number of nitrogens with zero attached hydrogens (tertiary/aromatic N) is 1. The highest BCUT2D eigenvalue weighted by molar-refractivity contribution is 5.91. The normalized spacial score (nSPS) is 12.2. The Kier molecular flexibility index (Phi) is 3.59. The summed E-state index contributed by atoms with van der Waals surface area (Å²) in [6, 6.07) is 3.86. The topological polar surface area (TPSA) is 55.1 Å². The highest BCUT2D eigenvalue weighted by Gasteiger charge is 2.18. The van der Waals surface area contributed by atoms with Crippen molar-refractivity contribution in [3.8, 4) is 0 Å². The lowest BCUT2D eigenvalue weighted by Gasteiger charge is -2.14. The Balaban J connectivity index is 2.14. The van der Waals surface area contributed by atoms with Gasteiger partial charge in [0.15, 0.2) is 0 Å². The molecule has 1 aromatic carbocycles. The van der Waals surface area contributed by atoms with E-state index in [1.165, 1.54) is 6.07 Å². The van der Waals surface area contributed by atoms with Gasteiger partial charge in [-0.15, -0.1) is 0 Å². The average molecular weight is 266 g/mol. The second-order valence-corrected chi connectivity index (χ2v) is 4.19. The van der Waals surface area contributed by atoms with E-state index in [0.29, 0.717) is 5.69 Å². The van der Waals surface area contributed by atoms with Crippen molar-refractivity contribution in [2.75, 3.05) is 0 Å². The Morgan fingerprint density at radius 3 is 2.74 bits per heavy atom. The molecule has 0 aliphatic rings. The number of amides is 1. The van der Waals surface area contributed by atoms with Gasteiger partial charge in [0.25, 0.3) is 5.91 Å². The smallest absolute Gasteiger partial charge is 0.290 e. The van der Waals surface area contributed by atoms with Gasteiger partial charge in [0.2, 0.25) is 5.76 Å². The van der Waals surface area contributed by atoms with Crippen LogP contribution in [0.2, 0.25) is 0 Å². The first kappa shape index (κ1) is 13.2. The monoisotopic (exact) mass is 266 g/mol. The van der Waals surface area contributed by atoms with Gasteiger partial charge < -0.3 is 9.84 Å². The predicted octanol–water partition coefficient (Wildman–Crippen LogP) is 2.75. The summed E-state index contributed by atoms with van der Waals surface area (Å²) in [5.74, 6) is -1.64. The van der Waals surface area contributed by atoms with Gasteiger partial charge in [-0.25, -0.2) is 8.78 Å². The number of aryl methyl sites for hydroxylation is 1. The Hall–Kier alpha value is -2.24. The van der Waals surface area contributed by atoms with Crippen LogP contribution in [-0.2, 0) is 0 Å². The van der Waals surface area contributed by atoms with Gasteiger partial charge in [-0.1, -0.05) is 5.16 Å². The lowest BCUT2D eigenvalue weighted by molar-refractivity contribution is 0.0902. The van der Waals surface area contributed by atoms with Crippen molar-refractivity contribution in [3.05, 3.63) is 52.9 Å². The number of carbonyl (C=O) groups excluding carboxylic acids is 1. The molecule has 1 atom stereocenters. The fraction of sp³-hybridized carbons (Fsp3) is 0.231. The summed E-state index contributed by atoms with van der Waals surface area (Å²) in [5, 5.41) is 6.09. The quantitative estimate of drug-likeness (QED) is 0.929. The van der Waals surface area contributed by atoms with E-state index in [0.717, 1.165) is 18.2 Å². The van der Waals surface area contributed by atoms with Crippen LogP contribution in [0.15, 0.2) is 28.8 Å². The molecule has 1 N–H and O–H groups in total. The zero-order valence-corrected chi connectivity index (χ0v) is 10.4. The zero-order chi connectivity index (χ0) is 14.0. The molecule has 0 bridgehead atoms. The first-order valence-electron chi connectivity index (χ1n) is 5.66. The van der Waals surface area contributed by atoms with Crippen LogP contribution in [0.1, 0.15) is 34.8 Å². The van der Waals surface area contributed by atoms with E-state index in [1.54, 1.807) is 13.8 Å². The highest BCUT2D eigenvalue weighted by Crippen LogP contribution is 2.18. The second kappa shape index (κ2) is 5.17.